The Hall–Kier alpha value is -6.29. The maximum absolute atomic E-state index is 13.3. The highest BCUT2D eigenvalue weighted by molar-refractivity contribution is 5.84. The molecule has 0 saturated heterocycles. The number of nitrogens with two attached hydrogens (primary N) is 2. The summed E-state index contributed by atoms with van der Waals surface area (Å²) in [5.74, 6) is 0.284. The largest absolute Gasteiger partial charge is 0.422 e. The van der Waals surface area contributed by atoms with Crippen LogP contribution in [0, 0.1) is 0 Å². The zero-order chi connectivity index (χ0) is 35.2. The zero-order valence-electron chi connectivity index (χ0n) is 27.9. The van der Waals surface area contributed by atoms with Gasteiger partial charge in [0.05, 0.1) is 10.8 Å². The van der Waals surface area contributed by atoms with Gasteiger partial charge >= 0.3 is 17.9 Å². The first-order valence-corrected chi connectivity index (χ1v) is 16.5. The molecule has 4 aromatic heterocycles. The smallest absolute Gasteiger partial charge is 0.368 e. The van der Waals surface area contributed by atoms with Crippen molar-refractivity contribution in [3.8, 4) is 22.3 Å². The van der Waals surface area contributed by atoms with E-state index in [1.807, 2.05) is 36.4 Å². The molecule has 2 aromatic carbocycles. The fraction of sp³-hybridized carbons (Fsp3) is 0.286. The predicted molar refractivity (Wildman–Crippen MR) is 183 cm³/mol. The van der Waals surface area contributed by atoms with E-state index in [9.17, 15) is 4.79 Å². The fourth-order valence-electron chi connectivity index (χ4n) is 6.71. The Morgan fingerprint density at radius 2 is 1.18 bits per heavy atom. The fourth-order valence-corrected chi connectivity index (χ4v) is 6.71. The molecule has 2 saturated carbocycles. The van der Waals surface area contributed by atoms with Crippen LogP contribution in [-0.2, 0) is 15.7 Å². The normalized spacial score (nSPS) is 15.9. The van der Waals surface area contributed by atoms with E-state index in [1.54, 1.807) is 38.9 Å². The van der Waals surface area contributed by atoms with E-state index in [2.05, 4.69) is 52.3 Å². The Kier molecular flexibility index (Phi) is 7.86. The molecule has 16 heteroatoms. The van der Waals surface area contributed by atoms with Gasteiger partial charge in [0.2, 0.25) is 5.95 Å². The van der Waals surface area contributed by atoms with Crippen molar-refractivity contribution in [2.24, 2.45) is 0 Å². The average Bonchev–Trinajstić information content (AvgIpc) is 3.77. The molecule has 16 nitrogen and oxygen atoms in total. The minimum absolute atomic E-state index is 0.0663. The summed E-state index contributed by atoms with van der Waals surface area (Å²) in [6.07, 6.45) is 12.2. The monoisotopic (exact) mass is 686 g/mol. The summed E-state index contributed by atoms with van der Waals surface area (Å²) < 4.78 is 10.5. The quantitative estimate of drug-likeness (QED) is 0.189. The zero-order valence-corrected chi connectivity index (χ0v) is 27.9. The van der Waals surface area contributed by atoms with Crippen LogP contribution in [0.25, 0.3) is 22.3 Å². The van der Waals surface area contributed by atoms with Crippen LogP contribution in [0.3, 0.4) is 0 Å². The third kappa shape index (κ3) is 5.68. The molecule has 0 spiro atoms. The molecule has 0 atom stereocenters. The van der Waals surface area contributed by atoms with Crippen molar-refractivity contribution in [3.05, 3.63) is 102 Å². The minimum Gasteiger partial charge on any atom is -0.368 e. The van der Waals surface area contributed by atoms with Gasteiger partial charge in [-0.2, -0.15) is 15.0 Å². The van der Waals surface area contributed by atoms with Crippen molar-refractivity contribution < 1.29 is 18.7 Å². The second kappa shape index (κ2) is 12.5. The molecule has 0 aliphatic heterocycles. The molecule has 4 N–H and O–H groups in total. The van der Waals surface area contributed by atoms with Crippen molar-refractivity contribution in [3.63, 3.8) is 0 Å². The highest BCUT2D eigenvalue weighted by Crippen LogP contribution is 2.49. The number of hydrogen-bond donors (Lipinski definition) is 2. The summed E-state index contributed by atoms with van der Waals surface area (Å²) in [6.45, 7) is 0. The molecule has 0 radical (unpaired) electrons. The Bertz CT molecular complexity index is 2160. The van der Waals surface area contributed by atoms with Gasteiger partial charge in [-0.15, -0.1) is 0 Å². The summed E-state index contributed by atoms with van der Waals surface area (Å²) in [4.78, 5) is 44.9. The van der Waals surface area contributed by atoms with E-state index in [0.717, 1.165) is 77.1 Å². The summed E-state index contributed by atoms with van der Waals surface area (Å²) in [7, 11) is 3.39. The van der Waals surface area contributed by atoms with Gasteiger partial charge in [-0.05, 0) is 47.9 Å². The molecular formula is C35H34N12O4. The van der Waals surface area contributed by atoms with Gasteiger partial charge in [0.15, 0.2) is 11.6 Å². The average molecular weight is 687 g/mol. The van der Waals surface area contributed by atoms with E-state index >= 15 is 0 Å². The summed E-state index contributed by atoms with van der Waals surface area (Å²) in [5.41, 5.74) is 16.2. The van der Waals surface area contributed by atoms with Crippen molar-refractivity contribution in [2.45, 2.75) is 49.4 Å². The first-order valence-electron chi connectivity index (χ1n) is 16.5. The molecule has 258 valence electrons. The number of hydrogen-bond acceptors (Lipinski definition) is 16. The van der Waals surface area contributed by atoms with Gasteiger partial charge in [-0.1, -0.05) is 76.9 Å². The molecule has 0 unspecified atom stereocenters. The summed E-state index contributed by atoms with van der Waals surface area (Å²) in [5, 5.41) is 11.0. The van der Waals surface area contributed by atoms with Crippen LogP contribution in [0.5, 0.6) is 0 Å². The van der Waals surface area contributed by atoms with E-state index in [0.29, 0.717) is 11.6 Å². The molecule has 2 aliphatic rings. The van der Waals surface area contributed by atoms with Crippen LogP contribution < -0.4 is 16.6 Å². The molecule has 0 amide bonds. The molecular weight excluding hydrogens is 652 g/mol. The maximum Gasteiger partial charge on any atom is 0.422 e. The van der Waals surface area contributed by atoms with Crippen LogP contribution in [0.1, 0.15) is 72.0 Å². The lowest BCUT2D eigenvalue weighted by atomic mass is 9.64. The molecule has 4 heterocycles. The Labute approximate surface area is 291 Å². The van der Waals surface area contributed by atoms with Crippen LogP contribution in [-0.4, -0.2) is 65.3 Å². The Morgan fingerprint density at radius 1 is 0.686 bits per heavy atom. The molecule has 2 aliphatic carbocycles. The van der Waals surface area contributed by atoms with Crippen molar-refractivity contribution in [1.29, 1.82) is 0 Å². The van der Waals surface area contributed by atoms with Crippen LogP contribution in [0.4, 0.5) is 17.9 Å². The van der Waals surface area contributed by atoms with E-state index < -0.39 is 11.4 Å². The highest BCUT2D eigenvalue weighted by atomic mass is 16.8. The third-order valence-electron chi connectivity index (χ3n) is 9.87. The maximum atomic E-state index is 13.3. The van der Waals surface area contributed by atoms with Gasteiger partial charge < -0.3 is 25.4 Å². The minimum atomic E-state index is -0.841. The number of benzene rings is 2. The van der Waals surface area contributed by atoms with Crippen molar-refractivity contribution in [1.82, 2.24) is 45.2 Å². The number of nitrogen functional groups attached to an aromatic ring is 2. The lowest BCUT2D eigenvalue weighted by molar-refractivity contribution is 0.0102. The molecule has 8 rings (SSSR count). The summed E-state index contributed by atoms with van der Waals surface area (Å²) >= 11 is 0. The first-order chi connectivity index (χ1) is 24.7. The van der Waals surface area contributed by atoms with Crippen LogP contribution in [0.15, 0.2) is 82.4 Å². The number of aromatic nitrogens is 8. The number of carbonyl (C=O) groups is 1. The van der Waals surface area contributed by atoms with Gasteiger partial charge in [0, 0.05) is 50.0 Å². The molecule has 51 heavy (non-hydrogen) atoms. The van der Waals surface area contributed by atoms with Crippen LogP contribution >= 0.6 is 0 Å². The van der Waals surface area contributed by atoms with Crippen molar-refractivity contribution in [2.75, 3.05) is 30.7 Å². The first kappa shape index (κ1) is 31.9. The number of carbonyl (C=O) groups excluding carboxylic acids is 1. The number of nitrogens with zero attached hydrogens (tertiary/aromatic N) is 10. The van der Waals surface area contributed by atoms with E-state index in [1.165, 1.54) is 5.01 Å². The summed E-state index contributed by atoms with van der Waals surface area (Å²) in [6, 6.07) is 16.2. The molecule has 6 aromatic rings. The van der Waals surface area contributed by atoms with Gasteiger partial charge in [0.25, 0.3) is 5.95 Å². The van der Waals surface area contributed by atoms with Gasteiger partial charge in [-0.3, -0.25) is 0 Å². The van der Waals surface area contributed by atoms with Gasteiger partial charge in [0.1, 0.15) is 0 Å². The van der Waals surface area contributed by atoms with Crippen LogP contribution in [0.2, 0.25) is 0 Å². The predicted octanol–water partition coefficient (Wildman–Crippen LogP) is 4.53. The lowest BCUT2D eigenvalue weighted by Gasteiger charge is -2.39. The second-order valence-electron chi connectivity index (χ2n) is 13.0. The molecule has 2 fully saturated rings. The Morgan fingerprint density at radius 3 is 1.63 bits per heavy atom. The van der Waals surface area contributed by atoms with Gasteiger partial charge in [-0.25, -0.2) is 24.7 Å². The third-order valence-corrected chi connectivity index (χ3v) is 9.87. The van der Waals surface area contributed by atoms with Crippen molar-refractivity contribution >= 4 is 23.9 Å². The topological polar surface area (TPSA) is 214 Å². The number of hydrazine groups is 1. The van der Waals surface area contributed by atoms with E-state index in [4.69, 9.17) is 25.4 Å². The SMILES string of the molecule is CN(C)N(OC(=O)c1nc(C2(c3ccc(-c4cnc(N)nc4)cc3)CCC2)no1)c1ncc(-c2ccc(C3(c4noc(N)n4)CCC3)cc2)cn1. The second-order valence-corrected chi connectivity index (χ2v) is 13.0. The highest BCUT2D eigenvalue weighted by Gasteiger charge is 2.46. The lowest BCUT2D eigenvalue weighted by Crippen LogP contribution is -2.40. The standard InChI is InChI=1S/C35H34N12O4/c1-46(2)47(33-40-19-24(20-41-33)22-7-11-26(12-8-22)35(15-4-16-35)30-43-32(37)50-45-30)51-28(48)27-42-29(44-49-27)34(13-3-14-34)25-9-5-21(6-10-25)23-17-38-31(36)39-18-23/h5-12,17-20H,3-4,13-16H2,1-2H3,(H2,36,38,39)(H2,37,43,45). The number of rotatable bonds is 10. The molecule has 0 bridgehead atoms. The van der Waals surface area contributed by atoms with E-state index in [-0.39, 0.29) is 29.2 Å². The Balaban J connectivity index is 0.959. The number of anilines is 3.